The van der Waals surface area contributed by atoms with Gasteiger partial charge in [0.25, 0.3) is 0 Å². The fourth-order valence-corrected chi connectivity index (χ4v) is 2.93. The Morgan fingerprint density at radius 3 is 2.71 bits per heavy atom. The maximum atomic E-state index is 12.4. The highest BCUT2D eigenvalue weighted by molar-refractivity contribution is 5.90. The van der Waals surface area contributed by atoms with Gasteiger partial charge in [0.15, 0.2) is 0 Å². The summed E-state index contributed by atoms with van der Waals surface area (Å²) in [6.07, 6.45) is 0.958. The smallest absolute Gasteiger partial charge is 0.243 e. The third kappa shape index (κ3) is 1.57. The van der Waals surface area contributed by atoms with Crippen LogP contribution >= 0.6 is 0 Å². The van der Waals surface area contributed by atoms with Gasteiger partial charge in [-0.3, -0.25) is 4.79 Å². The predicted octanol–water partition coefficient (Wildman–Crippen LogP) is 1.40. The summed E-state index contributed by atoms with van der Waals surface area (Å²) < 4.78 is 0. The molecule has 3 heteroatoms. The van der Waals surface area contributed by atoms with E-state index in [0.29, 0.717) is 11.8 Å². The number of benzene rings is 1. The van der Waals surface area contributed by atoms with Crippen LogP contribution < -0.4 is 5.32 Å². The molecule has 2 atom stereocenters. The van der Waals surface area contributed by atoms with Crippen LogP contribution in [0.5, 0.6) is 0 Å². The molecule has 3 nitrogen and oxygen atoms in total. The minimum Gasteiger partial charge on any atom is -0.337 e. The molecule has 2 aliphatic heterocycles. The van der Waals surface area contributed by atoms with E-state index in [9.17, 15) is 4.79 Å². The lowest BCUT2D eigenvalue weighted by Crippen LogP contribution is -2.67. The molecule has 90 valence electrons. The monoisotopic (exact) mass is 230 g/mol. The first kappa shape index (κ1) is 10.8. The van der Waals surface area contributed by atoms with Crippen LogP contribution in [0, 0.1) is 5.92 Å². The van der Waals surface area contributed by atoms with Gasteiger partial charge in [-0.05, 0) is 17.9 Å². The Hall–Kier alpha value is -1.35. The number of carbonyl (C=O) groups excluding carboxylic acids is 1. The first-order valence-corrected chi connectivity index (χ1v) is 6.31. The first-order chi connectivity index (χ1) is 8.22. The molecule has 2 heterocycles. The number of rotatable bonds is 2. The largest absolute Gasteiger partial charge is 0.337 e. The van der Waals surface area contributed by atoms with E-state index in [2.05, 4.69) is 24.4 Å². The van der Waals surface area contributed by atoms with Crippen LogP contribution in [0.15, 0.2) is 30.3 Å². The van der Waals surface area contributed by atoms with Gasteiger partial charge in [0, 0.05) is 19.6 Å². The number of nitrogens with one attached hydrogen (secondary N) is 1. The van der Waals surface area contributed by atoms with E-state index in [1.807, 2.05) is 23.1 Å². The highest BCUT2D eigenvalue weighted by atomic mass is 16.2. The molecular formula is C14H18N2O. The molecule has 2 aliphatic rings. The molecule has 1 N–H and O–H groups in total. The van der Waals surface area contributed by atoms with Gasteiger partial charge < -0.3 is 10.2 Å². The second-order valence-corrected chi connectivity index (χ2v) is 5.22. The summed E-state index contributed by atoms with van der Waals surface area (Å²) in [4.78, 5) is 14.4. The topological polar surface area (TPSA) is 32.3 Å². The van der Waals surface area contributed by atoms with Gasteiger partial charge in [0.2, 0.25) is 5.91 Å². The van der Waals surface area contributed by atoms with Gasteiger partial charge >= 0.3 is 0 Å². The minimum absolute atomic E-state index is 0.227. The number of nitrogens with zero attached hydrogens (tertiary/aromatic N) is 1. The zero-order valence-corrected chi connectivity index (χ0v) is 10.1. The standard InChI is InChI=1S/C14H18N2O/c1-11-9-15-14(11)7-8-16(13(14)17)10-12-5-3-2-4-6-12/h2-6,11,15H,7-10H2,1H3/t11-,14?/m0/s1. The molecule has 1 amide bonds. The lowest BCUT2D eigenvalue weighted by Gasteiger charge is -2.44. The molecular weight excluding hydrogens is 212 g/mol. The lowest BCUT2D eigenvalue weighted by atomic mass is 9.76. The number of hydrogen-bond donors (Lipinski definition) is 1. The summed E-state index contributed by atoms with van der Waals surface area (Å²) in [6.45, 7) is 4.77. The molecule has 0 radical (unpaired) electrons. The maximum Gasteiger partial charge on any atom is 0.243 e. The summed E-state index contributed by atoms with van der Waals surface area (Å²) in [5, 5.41) is 3.34. The van der Waals surface area contributed by atoms with Crippen LogP contribution in [0.2, 0.25) is 0 Å². The van der Waals surface area contributed by atoms with E-state index in [0.717, 1.165) is 26.1 Å². The van der Waals surface area contributed by atoms with Crippen LogP contribution in [-0.4, -0.2) is 29.4 Å². The molecule has 0 aromatic heterocycles. The second kappa shape index (κ2) is 3.84. The maximum absolute atomic E-state index is 12.4. The zero-order chi connectivity index (χ0) is 11.9. The van der Waals surface area contributed by atoms with Crippen molar-refractivity contribution in [2.24, 2.45) is 5.92 Å². The minimum atomic E-state index is -0.227. The lowest BCUT2D eigenvalue weighted by molar-refractivity contribution is -0.138. The summed E-state index contributed by atoms with van der Waals surface area (Å²) in [6, 6.07) is 10.2. The predicted molar refractivity (Wildman–Crippen MR) is 66.4 cm³/mol. The molecule has 0 aliphatic carbocycles. The highest BCUT2D eigenvalue weighted by Gasteiger charge is 2.55. The zero-order valence-electron chi connectivity index (χ0n) is 10.1. The van der Waals surface area contributed by atoms with Gasteiger partial charge in [0.1, 0.15) is 5.54 Å². The van der Waals surface area contributed by atoms with Crippen LogP contribution in [0.3, 0.4) is 0 Å². The van der Waals surface area contributed by atoms with Crippen LogP contribution in [0.25, 0.3) is 0 Å². The van der Waals surface area contributed by atoms with Crippen molar-refractivity contribution >= 4 is 5.91 Å². The highest BCUT2D eigenvalue weighted by Crippen LogP contribution is 2.36. The van der Waals surface area contributed by atoms with E-state index >= 15 is 0 Å². The Balaban J connectivity index is 1.73. The van der Waals surface area contributed by atoms with E-state index < -0.39 is 0 Å². The fourth-order valence-electron chi connectivity index (χ4n) is 2.93. The Labute approximate surface area is 102 Å². The Morgan fingerprint density at radius 1 is 1.41 bits per heavy atom. The number of likely N-dealkylation sites (tertiary alicyclic amines) is 1. The molecule has 2 saturated heterocycles. The summed E-state index contributed by atoms with van der Waals surface area (Å²) in [7, 11) is 0. The van der Waals surface area contributed by atoms with Gasteiger partial charge in [-0.15, -0.1) is 0 Å². The second-order valence-electron chi connectivity index (χ2n) is 5.22. The molecule has 1 aromatic carbocycles. The van der Waals surface area contributed by atoms with Crippen LogP contribution in [0.4, 0.5) is 0 Å². The van der Waals surface area contributed by atoms with Crippen molar-refractivity contribution in [3.05, 3.63) is 35.9 Å². The normalized spacial score (nSPS) is 31.9. The van der Waals surface area contributed by atoms with Gasteiger partial charge in [-0.1, -0.05) is 37.3 Å². The van der Waals surface area contributed by atoms with Gasteiger partial charge in [-0.2, -0.15) is 0 Å². The first-order valence-electron chi connectivity index (χ1n) is 6.31. The quantitative estimate of drug-likeness (QED) is 0.833. The van der Waals surface area contributed by atoms with Crippen molar-refractivity contribution in [2.45, 2.75) is 25.4 Å². The van der Waals surface area contributed by atoms with E-state index in [1.165, 1.54) is 5.56 Å². The number of hydrogen-bond acceptors (Lipinski definition) is 2. The van der Waals surface area contributed by atoms with Gasteiger partial charge in [-0.25, -0.2) is 0 Å². The number of carbonyl (C=O) groups is 1. The average Bonchev–Trinajstić information content (AvgIpc) is 2.69. The molecule has 1 unspecified atom stereocenters. The summed E-state index contributed by atoms with van der Waals surface area (Å²) in [5.74, 6) is 0.774. The van der Waals surface area contributed by atoms with E-state index in [4.69, 9.17) is 0 Å². The summed E-state index contributed by atoms with van der Waals surface area (Å²) >= 11 is 0. The Morgan fingerprint density at radius 2 is 2.18 bits per heavy atom. The fraction of sp³-hybridized carbons (Fsp3) is 0.500. The van der Waals surface area contributed by atoms with Crippen molar-refractivity contribution in [1.82, 2.24) is 10.2 Å². The third-order valence-corrected chi connectivity index (χ3v) is 4.23. The molecule has 0 saturated carbocycles. The van der Waals surface area contributed by atoms with Crippen LogP contribution in [0.1, 0.15) is 18.9 Å². The van der Waals surface area contributed by atoms with Gasteiger partial charge in [0.05, 0.1) is 0 Å². The van der Waals surface area contributed by atoms with E-state index in [-0.39, 0.29) is 5.54 Å². The average molecular weight is 230 g/mol. The molecule has 1 spiro atoms. The molecule has 1 aromatic rings. The molecule has 3 rings (SSSR count). The molecule has 0 bridgehead atoms. The van der Waals surface area contributed by atoms with Crippen molar-refractivity contribution in [3.8, 4) is 0 Å². The summed E-state index contributed by atoms with van der Waals surface area (Å²) in [5.41, 5.74) is 0.985. The van der Waals surface area contributed by atoms with E-state index in [1.54, 1.807) is 0 Å². The van der Waals surface area contributed by atoms with Crippen molar-refractivity contribution in [3.63, 3.8) is 0 Å². The Bertz CT molecular complexity index is 431. The number of amides is 1. The van der Waals surface area contributed by atoms with Crippen molar-refractivity contribution in [1.29, 1.82) is 0 Å². The third-order valence-electron chi connectivity index (χ3n) is 4.23. The Kier molecular flexibility index (Phi) is 2.44. The van der Waals surface area contributed by atoms with Crippen molar-refractivity contribution < 1.29 is 4.79 Å². The van der Waals surface area contributed by atoms with Crippen molar-refractivity contribution in [2.75, 3.05) is 13.1 Å². The molecule has 2 fully saturated rings. The SMILES string of the molecule is C[C@H]1CNC12CCN(Cc1ccccc1)C2=O. The van der Waals surface area contributed by atoms with Crippen LogP contribution in [-0.2, 0) is 11.3 Å². The molecule has 17 heavy (non-hydrogen) atoms.